The molecular formula is C14H28O. The minimum atomic E-state index is -0.154. The van der Waals surface area contributed by atoms with Crippen LogP contribution in [0.4, 0.5) is 0 Å². The molecule has 0 radical (unpaired) electrons. The Kier molecular flexibility index (Phi) is 10.0. The van der Waals surface area contributed by atoms with Gasteiger partial charge in [-0.05, 0) is 19.8 Å². The van der Waals surface area contributed by atoms with Gasteiger partial charge in [0.1, 0.15) is 0 Å². The predicted molar refractivity (Wildman–Crippen MR) is 68.0 cm³/mol. The second-order valence-corrected chi connectivity index (χ2v) is 4.73. The molecule has 0 rings (SSSR count). The molecule has 0 fully saturated rings. The summed E-state index contributed by atoms with van der Waals surface area (Å²) in [4.78, 5) is 0. The van der Waals surface area contributed by atoms with Gasteiger partial charge in [0.25, 0.3) is 0 Å². The Balaban J connectivity index is 3.13. The van der Waals surface area contributed by atoms with Crippen LogP contribution in [0, 0.1) is 0 Å². The molecule has 0 saturated carbocycles. The van der Waals surface area contributed by atoms with E-state index >= 15 is 0 Å². The molecule has 1 heteroatoms. The van der Waals surface area contributed by atoms with Gasteiger partial charge in [-0.3, -0.25) is 0 Å². The summed E-state index contributed by atoms with van der Waals surface area (Å²) in [6, 6.07) is 0. The second-order valence-electron chi connectivity index (χ2n) is 4.73. The van der Waals surface area contributed by atoms with E-state index in [-0.39, 0.29) is 6.10 Å². The SMILES string of the molecule is C=C(C)CC(O)CCCCCCCCC. The number of rotatable bonds is 10. The zero-order valence-electron chi connectivity index (χ0n) is 10.6. The Morgan fingerprint density at radius 2 is 1.60 bits per heavy atom. The highest BCUT2D eigenvalue weighted by Crippen LogP contribution is 2.12. The van der Waals surface area contributed by atoms with Crippen LogP contribution in [-0.4, -0.2) is 11.2 Å². The molecule has 0 amide bonds. The molecule has 0 aliphatic heterocycles. The predicted octanol–water partition coefficient (Wildman–Crippen LogP) is 4.45. The lowest BCUT2D eigenvalue weighted by Gasteiger charge is -2.09. The summed E-state index contributed by atoms with van der Waals surface area (Å²) in [5, 5.41) is 9.60. The maximum absolute atomic E-state index is 9.60. The largest absolute Gasteiger partial charge is 0.393 e. The van der Waals surface area contributed by atoms with Crippen molar-refractivity contribution in [2.45, 2.75) is 77.7 Å². The summed E-state index contributed by atoms with van der Waals surface area (Å²) in [6.07, 6.45) is 10.8. The summed E-state index contributed by atoms with van der Waals surface area (Å²) in [5.74, 6) is 0. The van der Waals surface area contributed by atoms with Crippen molar-refractivity contribution in [3.05, 3.63) is 12.2 Å². The lowest BCUT2D eigenvalue weighted by Crippen LogP contribution is -2.06. The third kappa shape index (κ3) is 11.6. The number of aliphatic hydroxyl groups excluding tert-OH is 1. The van der Waals surface area contributed by atoms with Crippen LogP contribution in [-0.2, 0) is 0 Å². The average molecular weight is 212 g/mol. The maximum Gasteiger partial charge on any atom is 0.0577 e. The highest BCUT2D eigenvalue weighted by molar-refractivity contribution is 4.90. The van der Waals surface area contributed by atoms with Crippen molar-refractivity contribution in [1.29, 1.82) is 0 Å². The monoisotopic (exact) mass is 212 g/mol. The van der Waals surface area contributed by atoms with E-state index in [0.717, 1.165) is 18.4 Å². The van der Waals surface area contributed by atoms with Gasteiger partial charge in [-0.25, -0.2) is 0 Å². The molecule has 0 saturated heterocycles. The minimum absolute atomic E-state index is 0.154. The van der Waals surface area contributed by atoms with E-state index in [4.69, 9.17) is 0 Å². The van der Waals surface area contributed by atoms with Crippen LogP contribution in [0.5, 0.6) is 0 Å². The number of unbranched alkanes of at least 4 members (excludes halogenated alkanes) is 6. The van der Waals surface area contributed by atoms with E-state index in [9.17, 15) is 5.11 Å². The molecule has 0 aliphatic rings. The van der Waals surface area contributed by atoms with Crippen molar-refractivity contribution in [1.82, 2.24) is 0 Å². The summed E-state index contributed by atoms with van der Waals surface area (Å²) >= 11 is 0. The highest BCUT2D eigenvalue weighted by Gasteiger charge is 2.03. The summed E-state index contributed by atoms with van der Waals surface area (Å²) in [6.45, 7) is 8.04. The molecule has 1 N–H and O–H groups in total. The van der Waals surface area contributed by atoms with Crippen molar-refractivity contribution in [3.8, 4) is 0 Å². The Bertz CT molecular complexity index is 151. The van der Waals surface area contributed by atoms with E-state index in [1.807, 2.05) is 6.92 Å². The Labute approximate surface area is 95.6 Å². The van der Waals surface area contributed by atoms with Crippen LogP contribution in [0.3, 0.4) is 0 Å². The smallest absolute Gasteiger partial charge is 0.0577 e. The number of hydrogen-bond donors (Lipinski definition) is 1. The molecule has 15 heavy (non-hydrogen) atoms. The quantitative estimate of drug-likeness (QED) is 0.419. The van der Waals surface area contributed by atoms with Crippen molar-refractivity contribution < 1.29 is 5.11 Å². The van der Waals surface area contributed by atoms with Crippen LogP contribution >= 0.6 is 0 Å². The van der Waals surface area contributed by atoms with Gasteiger partial charge in [0.05, 0.1) is 6.10 Å². The fourth-order valence-corrected chi connectivity index (χ4v) is 1.84. The van der Waals surface area contributed by atoms with Crippen molar-refractivity contribution in [2.75, 3.05) is 0 Å². The number of aliphatic hydroxyl groups is 1. The van der Waals surface area contributed by atoms with E-state index in [0.29, 0.717) is 0 Å². The summed E-state index contributed by atoms with van der Waals surface area (Å²) < 4.78 is 0. The first-order valence-corrected chi connectivity index (χ1v) is 6.49. The van der Waals surface area contributed by atoms with Gasteiger partial charge < -0.3 is 5.11 Å². The molecule has 0 aliphatic carbocycles. The van der Waals surface area contributed by atoms with Gasteiger partial charge >= 0.3 is 0 Å². The Morgan fingerprint density at radius 1 is 1.07 bits per heavy atom. The normalized spacial score (nSPS) is 12.7. The lowest BCUT2D eigenvalue weighted by atomic mass is 10.0. The topological polar surface area (TPSA) is 20.2 Å². The summed E-state index contributed by atoms with van der Waals surface area (Å²) in [5.41, 5.74) is 1.09. The third-order valence-electron chi connectivity index (χ3n) is 2.72. The molecule has 0 aromatic carbocycles. The van der Waals surface area contributed by atoms with Gasteiger partial charge in [-0.2, -0.15) is 0 Å². The van der Waals surface area contributed by atoms with Gasteiger partial charge in [-0.15, -0.1) is 6.58 Å². The van der Waals surface area contributed by atoms with Crippen LogP contribution in [0.25, 0.3) is 0 Å². The zero-order chi connectivity index (χ0) is 11.5. The molecule has 0 spiro atoms. The van der Waals surface area contributed by atoms with Crippen LogP contribution < -0.4 is 0 Å². The molecule has 0 heterocycles. The maximum atomic E-state index is 9.60. The lowest BCUT2D eigenvalue weighted by molar-refractivity contribution is 0.161. The van der Waals surface area contributed by atoms with Crippen molar-refractivity contribution in [3.63, 3.8) is 0 Å². The molecule has 1 nitrogen and oxygen atoms in total. The molecule has 1 unspecified atom stereocenters. The molecule has 0 bridgehead atoms. The van der Waals surface area contributed by atoms with E-state index < -0.39 is 0 Å². The van der Waals surface area contributed by atoms with Crippen molar-refractivity contribution >= 4 is 0 Å². The van der Waals surface area contributed by atoms with Crippen LogP contribution in [0.15, 0.2) is 12.2 Å². The first-order valence-electron chi connectivity index (χ1n) is 6.49. The van der Waals surface area contributed by atoms with Crippen molar-refractivity contribution in [2.24, 2.45) is 0 Å². The van der Waals surface area contributed by atoms with Crippen LogP contribution in [0.1, 0.15) is 71.6 Å². The van der Waals surface area contributed by atoms with Gasteiger partial charge in [0.15, 0.2) is 0 Å². The molecule has 90 valence electrons. The van der Waals surface area contributed by atoms with E-state index in [1.165, 1.54) is 44.9 Å². The minimum Gasteiger partial charge on any atom is -0.393 e. The average Bonchev–Trinajstić information content (AvgIpc) is 2.15. The molecule has 0 aromatic heterocycles. The molecule has 0 aromatic rings. The standard InChI is InChI=1S/C14H28O/c1-4-5-6-7-8-9-10-11-14(15)12-13(2)3/h14-15H,2,4-12H2,1,3H3. The van der Waals surface area contributed by atoms with Gasteiger partial charge in [-0.1, -0.05) is 57.4 Å². The molecular weight excluding hydrogens is 184 g/mol. The van der Waals surface area contributed by atoms with Gasteiger partial charge in [0, 0.05) is 0 Å². The third-order valence-corrected chi connectivity index (χ3v) is 2.72. The Morgan fingerprint density at radius 3 is 2.13 bits per heavy atom. The van der Waals surface area contributed by atoms with E-state index in [1.54, 1.807) is 0 Å². The second kappa shape index (κ2) is 10.2. The van der Waals surface area contributed by atoms with Crippen LogP contribution in [0.2, 0.25) is 0 Å². The molecule has 1 atom stereocenters. The zero-order valence-corrected chi connectivity index (χ0v) is 10.6. The first-order chi connectivity index (χ1) is 7.16. The Hall–Kier alpha value is -0.300. The number of hydrogen-bond acceptors (Lipinski definition) is 1. The first kappa shape index (κ1) is 14.7. The fraction of sp³-hybridized carbons (Fsp3) is 0.857. The fourth-order valence-electron chi connectivity index (χ4n) is 1.84. The summed E-state index contributed by atoms with van der Waals surface area (Å²) in [7, 11) is 0. The highest BCUT2D eigenvalue weighted by atomic mass is 16.3. The van der Waals surface area contributed by atoms with Gasteiger partial charge in [0.2, 0.25) is 0 Å². The van der Waals surface area contributed by atoms with E-state index in [2.05, 4.69) is 13.5 Å².